The van der Waals surface area contributed by atoms with E-state index in [9.17, 15) is 0 Å². The Balaban J connectivity index is -0.000000126. The Morgan fingerprint density at radius 1 is 0.714 bits per heavy atom. The van der Waals surface area contributed by atoms with Crippen LogP contribution in [-0.4, -0.2) is 0 Å². The number of hydrogen-bond acceptors (Lipinski definition) is 0. The first kappa shape index (κ1) is 29.1. The van der Waals surface area contributed by atoms with Crippen molar-refractivity contribution in [2.24, 2.45) is 0 Å². The molecule has 0 aliphatic heterocycles. The molecule has 0 aromatic carbocycles. The van der Waals surface area contributed by atoms with Crippen molar-refractivity contribution in [2.45, 2.75) is 97.8 Å². The zero-order chi connectivity index (χ0) is 14.6. The van der Waals surface area contributed by atoms with E-state index in [0.717, 1.165) is 6.42 Å². The standard InChI is InChI=1S/C10H20.C9H17.CH4.Li/c1-3-5-7-9-10-8-6-4-2;1-3-5-7-9-8-6-4-2;;/h3H,1,4-10H2,2H3;3H,1-2,4-9H2;1H4;/q;-1;;+1. The van der Waals surface area contributed by atoms with Crippen LogP contribution >= 0.6 is 0 Å². The van der Waals surface area contributed by atoms with Crippen molar-refractivity contribution in [1.82, 2.24) is 0 Å². The minimum absolute atomic E-state index is 0. The van der Waals surface area contributed by atoms with Crippen molar-refractivity contribution in [3.63, 3.8) is 0 Å². The second kappa shape index (κ2) is 32.1. The van der Waals surface area contributed by atoms with Crippen LogP contribution < -0.4 is 18.9 Å². The van der Waals surface area contributed by atoms with Gasteiger partial charge in [0, 0.05) is 0 Å². The summed E-state index contributed by atoms with van der Waals surface area (Å²) in [5.74, 6) is 0. The summed E-state index contributed by atoms with van der Waals surface area (Å²) in [6.45, 7) is 13.4. The van der Waals surface area contributed by atoms with Gasteiger partial charge in [0.05, 0.1) is 0 Å². The molecule has 0 radical (unpaired) electrons. The Bertz CT molecular complexity index is 163. The van der Waals surface area contributed by atoms with E-state index in [1.807, 2.05) is 12.2 Å². The van der Waals surface area contributed by atoms with Gasteiger partial charge in [-0.15, -0.1) is 13.2 Å². The van der Waals surface area contributed by atoms with E-state index in [2.05, 4.69) is 27.0 Å². The van der Waals surface area contributed by atoms with E-state index >= 15 is 0 Å². The van der Waals surface area contributed by atoms with E-state index in [1.54, 1.807) is 0 Å². The van der Waals surface area contributed by atoms with Crippen LogP contribution in [0.15, 0.2) is 25.3 Å². The smallest absolute Gasteiger partial charge is 0.343 e. The Hall–Kier alpha value is 0.0774. The second-order valence-corrected chi connectivity index (χ2v) is 5.19. The molecule has 0 aliphatic rings. The van der Waals surface area contributed by atoms with Crippen LogP contribution in [0.3, 0.4) is 0 Å². The largest absolute Gasteiger partial charge is 1.00 e. The average molecular weight is 288 g/mol. The van der Waals surface area contributed by atoms with Gasteiger partial charge in [0.2, 0.25) is 0 Å². The Kier molecular flexibility index (Phi) is 44.6. The molecule has 0 aromatic heterocycles. The number of hydrogen-bond donors (Lipinski definition) is 0. The first-order valence-electron chi connectivity index (χ1n) is 8.34. The van der Waals surface area contributed by atoms with Crippen molar-refractivity contribution in [3.05, 3.63) is 32.2 Å². The summed E-state index contributed by atoms with van der Waals surface area (Å²) in [7, 11) is 0. The van der Waals surface area contributed by atoms with Gasteiger partial charge in [-0.3, -0.25) is 0 Å². The molecular weight excluding hydrogens is 247 g/mol. The predicted molar refractivity (Wildman–Crippen MR) is 98.2 cm³/mol. The molecule has 0 saturated heterocycles. The number of allylic oxidation sites excluding steroid dienone is 2. The topological polar surface area (TPSA) is 0 Å². The van der Waals surface area contributed by atoms with E-state index in [0.29, 0.717) is 0 Å². The quantitative estimate of drug-likeness (QED) is 0.195. The molecule has 0 nitrogen and oxygen atoms in total. The fraction of sp³-hybridized carbons (Fsp3) is 0.750. The van der Waals surface area contributed by atoms with Gasteiger partial charge in [0.25, 0.3) is 0 Å². The molecular formula is C20H41Li. The Morgan fingerprint density at radius 2 is 1.10 bits per heavy atom. The van der Waals surface area contributed by atoms with Crippen LogP contribution in [0.5, 0.6) is 0 Å². The van der Waals surface area contributed by atoms with Gasteiger partial charge < -0.3 is 6.92 Å². The molecule has 0 unspecified atom stereocenters. The van der Waals surface area contributed by atoms with Gasteiger partial charge in [-0.1, -0.05) is 77.9 Å². The van der Waals surface area contributed by atoms with Crippen molar-refractivity contribution >= 4 is 0 Å². The molecule has 0 bridgehead atoms. The van der Waals surface area contributed by atoms with Crippen molar-refractivity contribution in [1.29, 1.82) is 0 Å². The van der Waals surface area contributed by atoms with Gasteiger partial charge in [-0.05, 0) is 25.7 Å². The van der Waals surface area contributed by atoms with Gasteiger partial charge in [0.15, 0.2) is 0 Å². The molecule has 1 heteroatoms. The van der Waals surface area contributed by atoms with Gasteiger partial charge >= 0.3 is 18.9 Å². The molecule has 0 aromatic rings. The number of unbranched alkanes of at least 4 members (excludes halogenated alkanes) is 11. The SMILES string of the molecule is C.C=CCCCCCCCC.C=CCCCCCC[CH2-].[Li+]. The molecule has 0 N–H and O–H groups in total. The summed E-state index contributed by atoms with van der Waals surface area (Å²) in [5.41, 5.74) is 0. The molecule has 0 heterocycles. The second-order valence-electron chi connectivity index (χ2n) is 5.19. The minimum Gasteiger partial charge on any atom is -0.343 e. The van der Waals surface area contributed by atoms with E-state index in [-0.39, 0.29) is 26.3 Å². The number of rotatable bonds is 13. The predicted octanol–water partition coefficient (Wildman–Crippen LogP) is 4.91. The van der Waals surface area contributed by atoms with Gasteiger partial charge in [0.1, 0.15) is 0 Å². The zero-order valence-electron chi connectivity index (χ0n) is 14.5. The fourth-order valence-corrected chi connectivity index (χ4v) is 1.89. The monoisotopic (exact) mass is 288 g/mol. The van der Waals surface area contributed by atoms with E-state index in [4.69, 9.17) is 0 Å². The van der Waals surface area contributed by atoms with Gasteiger partial charge in [-0.2, -0.15) is 6.42 Å². The molecule has 0 amide bonds. The maximum absolute atomic E-state index is 3.78. The molecule has 21 heavy (non-hydrogen) atoms. The Morgan fingerprint density at radius 3 is 1.48 bits per heavy atom. The summed E-state index contributed by atoms with van der Waals surface area (Å²) in [6, 6.07) is 0. The molecule has 0 rings (SSSR count). The maximum Gasteiger partial charge on any atom is 1.00 e. The summed E-state index contributed by atoms with van der Waals surface area (Å²) in [6.07, 6.45) is 21.1. The molecule has 0 aliphatic carbocycles. The van der Waals surface area contributed by atoms with Crippen LogP contribution in [0.2, 0.25) is 0 Å². The minimum atomic E-state index is 0. The maximum atomic E-state index is 3.78. The average Bonchev–Trinajstić information content (AvgIpc) is 2.43. The van der Waals surface area contributed by atoms with Crippen molar-refractivity contribution in [3.8, 4) is 0 Å². The van der Waals surface area contributed by atoms with Crippen molar-refractivity contribution in [2.75, 3.05) is 0 Å². The first-order chi connectivity index (χ1) is 9.33. The third-order valence-corrected chi connectivity index (χ3v) is 3.17. The summed E-state index contributed by atoms with van der Waals surface area (Å²) in [4.78, 5) is 0. The molecule has 0 saturated carbocycles. The van der Waals surface area contributed by atoms with E-state index < -0.39 is 0 Å². The molecule has 122 valence electrons. The molecule has 0 fully saturated rings. The van der Waals surface area contributed by atoms with Crippen LogP contribution in [0, 0.1) is 6.92 Å². The normalized spacial score (nSPS) is 8.67. The summed E-state index contributed by atoms with van der Waals surface area (Å²) >= 11 is 0. The molecule has 0 spiro atoms. The van der Waals surface area contributed by atoms with Crippen LogP contribution in [0.4, 0.5) is 0 Å². The summed E-state index contributed by atoms with van der Waals surface area (Å²) < 4.78 is 0. The van der Waals surface area contributed by atoms with Crippen LogP contribution in [-0.2, 0) is 0 Å². The fourth-order valence-electron chi connectivity index (χ4n) is 1.89. The van der Waals surface area contributed by atoms with E-state index in [1.165, 1.54) is 77.0 Å². The first-order valence-corrected chi connectivity index (χ1v) is 8.34. The third-order valence-electron chi connectivity index (χ3n) is 3.17. The Labute approximate surface area is 149 Å². The van der Waals surface area contributed by atoms with Crippen molar-refractivity contribution < 1.29 is 18.9 Å². The van der Waals surface area contributed by atoms with Crippen LogP contribution in [0.25, 0.3) is 0 Å². The summed E-state index contributed by atoms with van der Waals surface area (Å²) in [5, 5.41) is 0. The van der Waals surface area contributed by atoms with Crippen LogP contribution in [0.1, 0.15) is 97.8 Å². The molecule has 0 atom stereocenters. The third kappa shape index (κ3) is 38.4. The zero-order valence-corrected chi connectivity index (χ0v) is 14.5. The van der Waals surface area contributed by atoms with Gasteiger partial charge in [-0.25, -0.2) is 0 Å².